The van der Waals surface area contributed by atoms with Crippen LogP contribution >= 0.6 is 0 Å². The van der Waals surface area contributed by atoms with Gasteiger partial charge in [-0.15, -0.1) is 0 Å². The van der Waals surface area contributed by atoms with Crippen LogP contribution in [0.5, 0.6) is 0 Å². The lowest BCUT2D eigenvalue weighted by molar-refractivity contribution is -0.130. The number of nitrogens with zero attached hydrogens (tertiary/aromatic N) is 2. The Bertz CT molecular complexity index is 266. The van der Waals surface area contributed by atoms with Gasteiger partial charge in [0.1, 0.15) is 0 Å². The van der Waals surface area contributed by atoms with Crippen LogP contribution in [0.1, 0.15) is 40.0 Å². The third-order valence-electron chi connectivity index (χ3n) is 3.45. The fourth-order valence-electron chi connectivity index (χ4n) is 2.50. The van der Waals surface area contributed by atoms with Crippen LogP contribution in [-0.4, -0.2) is 55.1 Å². The van der Waals surface area contributed by atoms with Crippen molar-refractivity contribution in [3.05, 3.63) is 0 Å². The Kier molecular flexibility index (Phi) is 6.09. The molecule has 0 spiro atoms. The molecule has 0 aliphatic carbocycles. The number of carbonyl (C=O) groups excluding carboxylic acids is 1. The molecule has 1 aliphatic rings. The van der Waals surface area contributed by atoms with Crippen LogP contribution in [0.3, 0.4) is 0 Å². The molecule has 0 aromatic carbocycles. The minimum atomic E-state index is 0.0360. The first kappa shape index (κ1) is 15.4. The molecule has 1 aliphatic heterocycles. The van der Waals surface area contributed by atoms with E-state index in [0.717, 1.165) is 32.4 Å². The summed E-state index contributed by atoms with van der Waals surface area (Å²) in [6, 6.07) is 0.0360. The second-order valence-electron chi connectivity index (χ2n) is 6.07. The van der Waals surface area contributed by atoms with Gasteiger partial charge in [-0.05, 0) is 52.7 Å². The third-order valence-corrected chi connectivity index (χ3v) is 3.45. The van der Waals surface area contributed by atoms with Gasteiger partial charge in [0.15, 0.2) is 0 Å². The summed E-state index contributed by atoms with van der Waals surface area (Å²) in [6.07, 6.45) is 3.38. The zero-order chi connectivity index (χ0) is 13.7. The smallest absolute Gasteiger partial charge is 0.241 e. The lowest BCUT2D eigenvalue weighted by atomic mass is 10.0. The van der Waals surface area contributed by atoms with Crippen molar-refractivity contribution in [3.8, 4) is 0 Å². The lowest BCUT2D eigenvalue weighted by Gasteiger charge is -2.21. The van der Waals surface area contributed by atoms with Gasteiger partial charge in [-0.1, -0.05) is 13.8 Å². The minimum absolute atomic E-state index is 0.0360. The molecule has 0 aromatic heterocycles. The van der Waals surface area contributed by atoms with Crippen LogP contribution in [0.4, 0.5) is 0 Å². The van der Waals surface area contributed by atoms with Crippen LogP contribution in [0.2, 0.25) is 0 Å². The first-order valence-electron chi connectivity index (χ1n) is 7.13. The fourth-order valence-corrected chi connectivity index (χ4v) is 2.50. The van der Waals surface area contributed by atoms with E-state index in [2.05, 4.69) is 45.1 Å². The van der Waals surface area contributed by atoms with Gasteiger partial charge in [-0.25, -0.2) is 0 Å². The van der Waals surface area contributed by atoms with Crippen LogP contribution in [0.15, 0.2) is 0 Å². The summed E-state index contributed by atoms with van der Waals surface area (Å²) in [4.78, 5) is 16.4. The van der Waals surface area contributed by atoms with Gasteiger partial charge < -0.3 is 9.80 Å². The topological polar surface area (TPSA) is 35.6 Å². The summed E-state index contributed by atoms with van der Waals surface area (Å²) in [6.45, 7) is 8.40. The molecule has 1 fully saturated rings. The van der Waals surface area contributed by atoms with E-state index in [1.165, 1.54) is 0 Å². The summed E-state index contributed by atoms with van der Waals surface area (Å²) >= 11 is 0. The molecule has 2 atom stereocenters. The molecule has 0 saturated carbocycles. The minimum Gasteiger partial charge on any atom is -0.326 e. The van der Waals surface area contributed by atoms with Crippen LogP contribution in [0.25, 0.3) is 0 Å². The number of amides is 1. The second-order valence-corrected chi connectivity index (χ2v) is 6.07. The van der Waals surface area contributed by atoms with Gasteiger partial charge >= 0.3 is 0 Å². The van der Waals surface area contributed by atoms with Crippen molar-refractivity contribution in [1.82, 2.24) is 15.1 Å². The first-order valence-corrected chi connectivity index (χ1v) is 7.13. The van der Waals surface area contributed by atoms with Crippen molar-refractivity contribution in [2.45, 2.75) is 52.2 Å². The number of hydrogen-bond donors (Lipinski definition) is 1. The van der Waals surface area contributed by atoms with Crippen molar-refractivity contribution >= 4 is 5.91 Å². The Hall–Kier alpha value is -0.610. The number of carbonyl (C=O) groups is 1. The number of nitrogens with one attached hydrogen (secondary N) is 1. The number of unbranched alkanes of at least 4 members (excludes halogenated alkanes) is 1. The first-order chi connectivity index (χ1) is 8.41. The fraction of sp³-hybridized carbons (Fsp3) is 0.929. The molecule has 1 N–H and O–H groups in total. The number of hydrogen-bond acceptors (Lipinski definition) is 3. The highest BCUT2D eigenvalue weighted by atomic mass is 16.2. The molecule has 0 radical (unpaired) electrons. The van der Waals surface area contributed by atoms with Gasteiger partial charge in [0.2, 0.25) is 5.91 Å². The van der Waals surface area contributed by atoms with Crippen molar-refractivity contribution in [2.24, 2.45) is 5.92 Å². The molecular formula is C14H29N3O. The van der Waals surface area contributed by atoms with Gasteiger partial charge in [0.05, 0.1) is 12.2 Å². The van der Waals surface area contributed by atoms with Gasteiger partial charge in [-0.3, -0.25) is 10.1 Å². The van der Waals surface area contributed by atoms with E-state index in [-0.39, 0.29) is 12.2 Å². The quantitative estimate of drug-likeness (QED) is 0.701. The molecule has 2 unspecified atom stereocenters. The molecule has 1 heterocycles. The molecule has 0 aromatic rings. The number of rotatable bonds is 7. The van der Waals surface area contributed by atoms with Crippen LogP contribution in [-0.2, 0) is 4.79 Å². The standard InChI is InChI=1S/C14H29N3O/c1-11(2)10-13-14(18)17(12(3)15-13)9-7-6-8-16(4)5/h11-13,15H,6-10H2,1-5H3. The lowest BCUT2D eigenvalue weighted by Crippen LogP contribution is -2.35. The second kappa shape index (κ2) is 7.10. The molecule has 1 rings (SSSR count). The van der Waals surface area contributed by atoms with E-state index in [1.807, 2.05) is 4.90 Å². The summed E-state index contributed by atoms with van der Waals surface area (Å²) in [7, 11) is 4.17. The van der Waals surface area contributed by atoms with Crippen molar-refractivity contribution in [2.75, 3.05) is 27.2 Å². The van der Waals surface area contributed by atoms with Crippen molar-refractivity contribution in [1.29, 1.82) is 0 Å². The van der Waals surface area contributed by atoms with Gasteiger partial charge in [0, 0.05) is 6.54 Å². The van der Waals surface area contributed by atoms with Gasteiger partial charge in [-0.2, -0.15) is 0 Å². The monoisotopic (exact) mass is 255 g/mol. The maximum Gasteiger partial charge on any atom is 0.241 e. The Morgan fingerprint density at radius 1 is 1.33 bits per heavy atom. The average molecular weight is 255 g/mol. The summed E-state index contributed by atoms with van der Waals surface area (Å²) in [5.74, 6) is 0.855. The predicted molar refractivity (Wildman–Crippen MR) is 75.3 cm³/mol. The Morgan fingerprint density at radius 2 is 2.00 bits per heavy atom. The van der Waals surface area contributed by atoms with Crippen LogP contribution in [0, 0.1) is 5.92 Å². The Balaban J connectivity index is 2.34. The summed E-state index contributed by atoms with van der Waals surface area (Å²) < 4.78 is 0. The molecule has 106 valence electrons. The van der Waals surface area contributed by atoms with E-state index in [1.54, 1.807) is 0 Å². The molecular weight excluding hydrogens is 226 g/mol. The van der Waals surface area contributed by atoms with E-state index >= 15 is 0 Å². The van der Waals surface area contributed by atoms with E-state index in [0.29, 0.717) is 11.8 Å². The molecule has 18 heavy (non-hydrogen) atoms. The Morgan fingerprint density at radius 3 is 2.56 bits per heavy atom. The maximum absolute atomic E-state index is 12.2. The normalized spacial score (nSPS) is 24.6. The zero-order valence-electron chi connectivity index (χ0n) is 12.6. The third kappa shape index (κ3) is 4.58. The Labute approximate surface area is 112 Å². The zero-order valence-corrected chi connectivity index (χ0v) is 12.6. The largest absolute Gasteiger partial charge is 0.326 e. The SMILES string of the molecule is CC(C)CC1NC(C)N(CCCCN(C)C)C1=O. The van der Waals surface area contributed by atoms with Crippen LogP contribution < -0.4 is 5.32 Å². The van der Waals surface area contributed by atoms with E-state index in [4.69, 9.17) is 0 Å². The van der Waals surface area contributed by atoms with Crippen molar-refractivity contribution < 1.29 is 4.79 Å². The highest BCUT2D eigenvalue weighted by molar-refractivity contribution is 5.84. The highest BCUT2D eigenvalue weighted by Crippen LogP contribution is 2.17. The molecule has 4 heteroatoms. The molecule has 0 bridgehead atoms. The predicted octanol–water partition coefficient (Wildman–Crippen LogP) is 1.52. The maximum atomic E-state index is 12.2. The molecule has 1 saturated heterocycles. The average Bonchev–Trinajstić information content (AvgIpc) is 2.49. The van der Waals surface area contributed by atoms with Gasteiger partial charge in [0.25, 0.3) is 0 Å². The summed E-state index contributed by atoms with van der Waals surface area (Å²) in [5.41, 5.74) is 0. The molecule has 4 nitrogen and oxygen atoms in total. The van der Waals surface area contributed by atoms with E-state index in [9.17, 15) is 4.79 Å². The highest BCUT2D eigenvalue weighted by Gasteiger charge is 2.35. The van der Waals surface area contributed by atoms with Crippen molar-refractivity contribution in [3.63, 3.8) is 0 Å². The molecule has 1 amide bonds. The summed E-state index contributed by atoms with van der Waals surface area (Å²) in [5, 5.41) is 3.40. The van der Waals surface area contributed by atoms with E-state index < -0.39 is 0 Å².